The third-order valence-corrected chi connectivity index (χ3v) is 6.28. The van der Waals surface area contributed by atoms with Gasteiger partial charge in [0.25, 0.3) is 11.8 Å². The number of hydrogen-bond acceptors (Lipinski definition) is 9. The van der Waals surface area contributed by atoms with Crippen molar-refractivity contribution in [1.82, 2.24) is 15.5 Å². The number of benzene rings is 2. The van der Waals surface area contributed by atoms with Gasteiger partial charge >= 0.3 is 11.9 Å². The Morgan fingerprint density at radius 1 is 0.682 bits per heavy atom. The Kier molecular flexibility index (Phi) is 9.89. The average molecular weight is 624 g/mol. The topological polar surface area (TPSA) is 230 Å². The molecule has 0 aromatic heterocycles. The minimum Gasteiger partial charge on any atom is -0.478 e. The number of nitrogens with one attached hydrogen (secondary N) is 2. The van der Waals surface area contributed by atoms with E-state index in [1.165, 1.54) is 0 Å². The Morgan fingerprint density at radius 2 is 1.07 bits per heavy atom. The molecule has 44 heavy (non-hydrogen) atoms. The maximum absolute atomic E-state index is 13.2. The maximum atomic E-state index is 13.2. The standard InChI is InChI=1S/C13H8F2N2O4.C8H4F2O4.C5H8N2O2/c14-7-3-5-6(4-8(7)15)13(21)17(12(5)20)9-1-2-10(18)16-11(9)19;9-5-1-3(7(11)12)4(8(13)14)2-6(5)10;6-3-1-2-4(8)7-5(3)9/h3-4,9H,1-2H2,(H,16,18,19);1-2H,(H,11,12)(H,13,14);3H,1-2,6H2,(H,7,8,9). The molecule has 3 aliphatic heterocycles. The van der Waals surface area contributed by atoms with Crippen molar-refractivity contribution >= 4 is 47.4 Å². The van der Waals surface area contributed by atoms with E-state index in [-0.39, 0.29) is 35.8 Å². The van der Waals surface area contributed by atoms with Crippen molar-refractivity contribution in [1.29, 1.82) is 0 Å². The molecule has 6 N–H and O–H groups in total. The zero-order valence-electron chi connectivity index (χ0n) is 22.0. The fraction of sp³-hybridized carbons (Fsp3) is 0.231. The van der Waals surface area contributed by atoms with Gasteiger partial charge < -0.3 is 15.9 Å². The van der Waals surface area contributed by atoms with Crippen LogP contribution in [0.4, 0.5) is 17.6 Å². The first-order valence-corrected chi connectivity index (χ1v) is 12.3. The van der Waals surface area contributed by atoms with Crippen molar-refractivity contribution in [3.05, 3.63) is 69.8 Å². The summed E-state index contributed by atoms with van der Waals surface area (Å²) >= 11 is 0. The fourth-order valence-corrected chi connectivity index (χ4v) is 4.08. The van der Waals surface area contributed by atoms with Crippen molar-refractivity contribution in [3.63, 3.8) is 0 Å². The highest BCUT2D eigenvalue weighted by molar-refractivity contribution is 6.23. The lowest BCUT2D eigenvalue weighted by Crippen LogP contribution is -2.54. The Morgan fingerprint density at radius 3 is 1.43 bits per heavy atom. The van der Waals surface area contributed by atoms with Gasteiger partial charge in [0.1, 0.15) is 6.04 Å². The summed E-state index contributed by atoms with van der Waals surface area (Å²) in [7, 11) is 0. The Bertz CT molecular complexity index is 1550. The van der Waals surface area contributed by atoms with Gasteiger partial charge in [0, 0.05) is 12.8 Å². The third kappa shape index (κ3) is 7.09. The number of piperidine rings is 2. The van der Waals surface area contributed by atoms with Crippen LogP contribution in [0.1, 0.15) is 67.1 Å². The van der Waals surface area contributed by atoms with Crippen LogP contribution in [0.5, 0.6) is 0 Å². The number of carbonyl (C=O) groups excluding carboxylic acids is 6. The molecule has 18 heteroatoms. The number of amides is 6. The van der Waals surface area contributed by atoms with Gasteiger partial charge in [0.15, 0.2) is 23.3 Å². The summed E-state index contributed by atoms with van der Waals surface area (Å²) < 4.78 is 51.5. The van der Waals surface area contributed by atoms with Crippen LogP contribution in [0, 0.1) is 23.3 Å². The highest BCUT2D eigenvalue weighted by Gasteiger charge is 2.45. The molecule has 3 aliphatic rings. The molecule has 5 rings (SSSR count). The minimum atomic E-state index is -1.62. The summed E-state index contributed by atoms with van der Waals surface area (Å²) in [5, 5.41) is 21.1. The molecule has 2 aromatic carbocycles. The van der Waals surface area contributed by atoms with Crippen LogP contribution >= 0.6 is 0 Å². The maximum Gasteiger partial charge on any atom is 0.336 e. The van der Waals surface area contributed by atoms with Gasteiger partial charge in [-0.3, -0.25) is 44.3 Å². The fourth-order valence-electron chi connectivity index (χ4n) is 4.08. The predicted molar refractivity (Wildman–Crippen MR) is 134 cm³/mol. The summed E-state index contributed by atoms with van der Waals surface area (Å²) in [6, 6.07) is 0.305. The number of nitrogens with zero attached hydrogens (tertiary/aromatic N) is 1. The van der Waals surface area contributed by atoms with E-state index < -0.39 is 82.0 Å². The van der Waals surface area contributed by atoms with E-state index in [1.807, 2.05) is 5.32 Å². The number of carboxylic acid groups (broad SMARTS) is 2. The summed E-state index contributed by atoms with van der Waals surface area (Å²) in [5.41, 5.74) is 3.14. The van der Waals surface area contributed by atoms with Crippen LogP contribution in [0.2, 0.25) is 0 Å². The van der Waals surface area contributed by atoms with E-state index in [9.17, 15) is 55.9 Å². The molecule has 2 saturated heterocycles. The van der Waals surface area contributed by atoms with Gasteiger partial charge in [0.05, 0.1) is 28.3 Å². The largest absolute Gasteiger partial charge is 0.478 e. The summed E-state index contributed by atoms with van der Waals surface area (Å²) in [4.78, 5) is 89.6. The number of rotatable bonds is 3. The first-order chi connectivity index (χ1) is 20.5. The van der Waals surface area contributed by atoms with Gasteiger partial charge in [-0.1, -0.05) is 0 Å². The van der Waals surface area contributed by atoms with Gasteiger partial charge in [-0.25, -0.2) is 27.2 Å². The molecular weight excluding hydrogens is 604 g/mol. The summed E-state index contributed by atoms with van der Waals surface area (Å²) in [5.74, 6) is -12.1. The third-order valence-electron chi connectivity index (χ3n) is 6.28. The molecule has 0 saturated carbocycles. The predicted octanol–water partition coefficient (Wildman–Crippen LogP) is 0.478. The number of hydrogen-bond donors (Lipinski definition) is 5. The van der Waals surface area contributed by atoms with E-state index in [4.69, 9.17) is 15.9 Å². The van der Waals surface area contributed by atoms with Crippen molar-refractivity contribution in [2.24, 2.45) is 5.73 Å². The molecule has 14 nitrogen and oxygen atoms in total. The zero-order valence-corrected chi connectivity index (χ0v) is 22.0. The number of nitrogens with two attached hydrogens (primary N) is 1. The second kappa shape index (κ2) is 13.2. The van der Waals surface area contributed by atoms with Crippen LogP contribution in [0.15, 0.2) is 24.3 Å². The number of carboxylic acids is 2. The SMILES string of the molecule is NC1CCC(=O)NC1=O.O=C(O)c1cc(F)c(F)cc1C(=O)O.O=C1CCC(N2C(=O)c3cc(F)c(F)cc3C2=O)C(=O)N1. The highest BCUT2D eigenvalue weighted by Crippen LogP contribution is 2.29. The van der Waals surface area contributed by atoms with Crippen LogP contribution in [0.3, 0.4) is 0 Å². The number of fused-ring (bicyclic) bond motifs is 1. The molecule has 232 valence electrons. The van der Waals surface area contributed by atoms with Crippen LogP contribution in [0.25, 0.3) is 0 Å². The molecule has 3 heterocycles. The lowest BCUT2D eigenvalue weighted by molar-refractivity contribution is -0.137. The normalized spacial score (nSPS) is 19.2. The van der Waals surface area contributed by atoms with Gasteiger partial charge in [-0.2, -0.15) is 0 Å². The van der Waals surface area contributed by atoms with Crippen LogP contribution in [-0.4, -0.2) is 74.6 Å². The minimum absolute atomic E-state index is 0.0128. The van der Waals surface area contributed by atoms with Crippen molar-refractivity contribution < 1.29 is 66.1 Å². The monoisotopic (exact) mass is 624 g/mol. The van der Waals surface area contributed by atoms with Crippen LogP contribution in [-0.2, 0) is 19.2 Å². The first kappa shape index (κ1) is 33.0. The number of carbonyl (C=O) groups is 8. The smallest absolute Gasteiger partial charge is 0.336 e. The van der Waals surface area contributed by atoms with Crippen molar-refractivity contribution in [2.75, 3.05) is 0 Å². The lowest BCUT2D eigenvalue weighted by Gasteiger charge is -2.27. The van der Waals surface area contributed by atoms with Crippen molar-refractivity contribution in [3.8, 4) is 0 Å². The van der Waals surface area contributed by atoms with E-state index in [1.54, 1.807) is 0 Å². The van der Waals surface area contributed by atoms with E-state index in [0.717, 1.165) is 0 Å². The molecule has 2 atom stereocenters. The Labute approximate surface area is 242 Å². The molecule has 0 spiro atoms. The second-order valence-corrected chi connectivity index (χ2v) is 9.24. The highest BCUT2D eigenvalue weighted by atomic mass is 19.2. The first-order valence-electron chi connectivity index (χ1n) is 12.3. The lowest BCUT2D eigenvalue weighted by atomic mass is 10.0. The Balaban J connectivity index is 0.000000198. The zero-order chi connectivity index (χ0) is 33.0. The summed E-state index contributed by atoms with van der Waals surface area (Å²) in [6.07, 6.45) is 0.811. The van der Waals surface area contributed by atoms with Gasteiger partial charge in [-0.05, 0) is 37.1 Å². The van der Waals surface area contributed by atoms with E-state index >= 15 is 0 Å². The molecule has 6 amide bonds. The summed E-state index contributed by atoms with van der Waals surface area (Å²) in [6.45, 7) is 0. The molecule has 2 aromatic rings. The number of imide groups is 3. The quantitative estimate of drug-likeness (QED) is 0.233. The van der Waals surface area contributed by atoms with Gasteiger partial charge in [0.2, 0.25) is 23.6 Å². The molecule has 0 aliphatic carbocycles. The molecule has 0 radical (unpaired) electrons. The Hall–Kier alpha value is -5.52. The average Bonchev–Trinajstić information content (AvgIpc) is 3.17. The van der Waals surface area contributed by atoms with E-state index in [0.29, 0.717) is 42.0 Å². The number of aromatic carboxylic acids is 2. The second-order valence-electron chi connectivity index (χ2n) is 9.24. The molecule has 0 bridgehead atoms. The molecule has 2 unspecified atom stereocenters. The van der Waals surface area contributed by atoms with Gasteiger partial charge in [-0.15, -0.1) is 0 Å². The number of halogens is 4. The van der Waals surface area contributed by atoms with E-state index in [2.05, 4.69) is 5.32 Å². The van der Waals surface area contributed by atoms with Crippen LogP contribution < -0.4 is 16.4 Å². The molecular formula is C26H20F4N4O10. The van der Waals surface area contributed by atoms with Crippen molar-refractivity contribution in [2.45, 2.75) is 37.8 Å². The molecule has 2 fully saturated rings.